The molecule has 7 nitrogen and oxygen atoms in total. The number of benzene rings is 1. The first-order chi connectivity index (χ1) is 12.7. The zero-order valence-corrected chi connectivity index (χ0v) is 15.3. The molecule has 0 amide bonds. The Morgan fingerprint density at radius 2 is 2.04 bits per heavy atom. The van der Waals surface area contributed by atoms with Gasteiger partial charge in [-0.25, -0.2) is 4.98 Å². The normalized spacial score (nSPS) is 14.0. The van der Waals surface area contributed by atoms with E-state index in [0.29, 0.717) is 23.2 Å². The molecule has 0 saturated heterocycles. The molecule has 4 heterocycles. The number of fused-ring (bicyclic) bond motifs is 2. The van der Waals surface area contributed by atoms with E-state index in [2.05, 4.69) is 54.1 Å². The Hall–Kier alpha value is -2.87. The molecule has 4 aromatic rings. The van der Waals surface area contributed by atoms with Crippen molar-refractivity contribution in [2.45, 2.75) is 13.0 Å². The molecule has 0 radical (unpaired) electrons. The molecular weight excluding hydrogens is 396 g/mol. The topological polar surface area (TPSA) is 85.5 Å². The number of hydrogen-bond donors (Lipinski definition) is 1. The lowest BCUT2D eigenvalue weighted by Gasteiger charge is -2.30. The van der Waals surface area contributed by atoms with Crippen LogP contribution >= 0.6 is 15.9 Å². The molecule has 0 aliphatic carbocycles. The molecule has 26 heavy (non-hydrogen) atoms. The summed E-state index contributed by atoms with van der Waals surface area (Å²) < 4.78 is 7.99. The molecule has 0 fully saturated rings. The summed E-state index contributed by atoms with van der Waals surface area (Å²) in [6.07, 6.45) is 2.57. The minimum absolute atomic E-state index is 0.308. The van der Waals surface area contributed by atoms with Gasteiger partial charge in [0.05, 0.1) is 6.26 Å². The summed E-state index contributed by atoms with van der Waals surface area (Å²) in [7, 11) is 0. The SMILES string of the molecule is Nc1nc(N2CCc3ccc(Br)cc3C2)cc2nc(-c3ccco3)nn12. The van der Waals surface area contributed by atoms with Crippen molar-refractivity contribution >= 4 is 33.3 Å². The van der Waals surface area contributed by atoms with E-state index < -0.39 is 0 Å². The third-order valence-electron chi connectivity index (χ3n) is 4.58. The number of anilines is 2. The summed E-state index contributed by atoms with van der Waals surface area (Å²) in [6.45, 7) is 1.67. The van der Waals surface area contributed by atoms with Gasteiger partial charge in [0.15, 0.2) is 11.4 Å². The Balaban J connectivity index is 1.53. The predicted octanol–water partition coefficient (Wildman–Crippen LogP) is 3.29. The monoisotopic (exact) mass is 410 g/mol. The molecule has 130 valence electrons. The van der Waals surface area contributed by atoms with Gasteiger partial charge in [0, 0.05) is 23.6 Å². The smallest absolute Gasteiger partial charge is 0.225 e. The maximum atomic E-state index is 6.13. The predicted molar refractivity (Wildman–Crippen MR) is 102 cm³/mol. The average Bonchev–Trinajstić information content (AvgIpc) is 3.30. The highest BCUT2D eigenvalue weighted by Crippen LogP contribution is 2.27. The van der Waals surface area contributed by atoms with Gasteiger partial charge < -0.3 is 15.1 Å². The molecular formula is C18H15BrN6O. The number of furan rings is 1. The molecule has 0 bridgehead atoms. The lowest BCUT2D eigenvalue weighted by molar-refractivity contribution is 0.577. The van der Waals surface area contributed by atoms with E-state index in [1.165, 1.54) is 15.6 Å². The highest BCUT2D eigenvalue weighted by molar-refractivity contribution is 9.10. The van der Waals surface area contributed by atoms with E-state index >= 15 is 0 Å². The molecule has 0 saturated carbocycles. The molecule has 0 unspecified atom stereocenters. The quantitative estimate of drug-likeness (QED) is 0.545. The fourth-order valence-electron chi connectivity index (χ4n) is 3.29. The maximum absolute atomic E-state index is 6.13. The van der Waals surface area contributed by atoms with Crippen molar-refractivity contribution in [1.82, 2.24) is 19.6 Å². The molecule has 0 atom stereocenters. The van der Waals surface area contributed by atoms with Crippen molar-refractivity contribution in [3.05, 3.63) is 58.3 Å². The highest BCUT2D eigenvalue weighted by atomic mass is 79.9. The molecule has 8 heteroatoms. The Morgan fingerprint density at radius 3 is 2.88 bits per heavy atom. The molecule has 1 aliphatic rings. The molecule has 5 rings (SSSR count). The minimum Gasteiger partial charge on any atom is -0.461 e. The highest BCUT2D eigenvalue weighted by Gasteiger charge is 2.20. The van der Waals surface area contributed by atoms with Crippen molar-refractivity contribution in [2.24, 2.45) is 0 Å². The molecule has 1 aromatic carbocycles. The Morgan fingerprint density at radius 1 is 1.12 bits per heavy atom. The fourth-order valence-corrected chi connectivity index (χ4v) is 3.70. The van der Waals surface area contributed by atoms with E-state index in [9.17, 15) is 0 Å². The largest absolute Gasteiger partial charge is 0.461 e. The third-order valence-corrected chi connectivity index (χ3v) is 5.08. The third kappa shape index (κ3) is 2.53. The van der Waals surface area contributed by atoms with Gasteiger partial charge in [-0.2, -0.15) is 9.50 Å². The van der Waals surface area contributed by atoms with Crippen molar-refractivity contribution in [1.29, 1.82) is 0 Å². The van der Waals surface area contributed by atoms with Crippen molar-refractivity contribution in [2.75, 3.05) is 17.2 Å². The zero-order valence-electron chi connectivity index (χ0n) is 13.8. The standard InChI is InChI=1S/C18H15BrN6O/c19-13-4-3-11-5-6-24(10-12(11)8-13)15-9-16-21-17(14-2-1-7-26-14)23-25(16)18(20)22-15/h1-4,7-9H,5-6,10H2,(H2,20,22). The Bertz CT molecular complexity index is 1100. The van der Waals surface area contributed by atoms with E-state index in [0.717, 1.165) is 29.8 Å². The van der Waals surface area contributed by atoms with Crippen LogP contribution in [0.1, 0.15) is 11.1 Å². The number of nitrogens with two attached hydrogens (primary N) is 1. The minimum atomic E-state index is 0.308. The van der Waals surface area contributed by atoms with Gasteiger partial charge in [-0.05, 0) is 41.8 Å². The molecule has 2 N–H and O–H groups in total. The number of hydrogen-bond acceptors (Lipinski definition) is 6. The summed E-state index contributed by atoms with van der Waals surface area (Å²) in [6, 6.07) is 12.0. The van der Waals surface area contributed by atoms with Crippen LogP contribution < -0.4 is 10.6 Å². The van der Waals surface area contributed by atoms with Gasteiger partial charge in [0.1, 0.15) is 5.82 Å². The Kier molecular flexibility index (Phi) is 3.46. The van der Waals surface area contributed by atoms with Crippen molar-refractivity contribution in [3.8, 4) is 11.6 Å². The van der Waals surface area contributed by atoms with E-state index in [1.54, 1.807) is 12.3 Å². The summed E-state index contributed by atoms with van der Waals surface area (Å²) in [5.74, 6) is 2.21. The van der Waals surface area contributed by atoms with Crippen LogP contribution in [0.5, 0.6) is 0 Å². The molecule has 0 spiro atoms. The number of halogens is 1. The number of nitrogens with zero attached hydrogens (tertiary/aromatic N) is 5. The van der Waals surface area contributed by atoms with Crippen LogP contribution in [-0.4, -0.2) is 26.1 Å². The van der Waals surface area contributed by atoms with Crippen LogP contribution in [0.2, 0.25) is 0 Å². The lowest BCUT2D eigenvalue weighted by Crippen LogP contribution is -2.31. The lowest BCUT2D eigenvalue weighted by atomic mass is 10.00. The molecule has 1 aliphatic heterocycles. The van der Waals surface area contributed by atoms with Gasteiger partial charge in [0.25, 0.3) is 0 Å². The van der Waals surface area contributed by atoms with Gasteiger partial charge in [-0.15, -0.1) is 5.10 Å². The maximum Gasteiger partial charge on any atom is 0.225 e. The summed E-state index contributed by atoms with van der Waals surface area (Å²) in [4.78, 5) is 11.3. The number of aromatic nitrogens is 4. The van der Waals surface area contributed by atoms with Gasteiger partial charge >= 0.3 is 0 Å². The zero-order chi connectivity index (χ0) is 17.7. The Labute approximate surface area is 157 Å². The first kappa shape index (κ1) is 15.4. The van der Waals surface area contributed by atoms with Crippen molar-refractivity contribution < 1.29 is 4.42 Å². The fraction of sp³-hybridized carbons (Fsp3) is 0.167. The van der Waals surface area contributed by atoms with E-state index in [1.807, 2.05) is 12.1 Å². The van der Waals surface area contributed by atoms with Crippen LogP contribution in [0.25, 0.3) is 17.2 Å². The van der Waals surface area contributed by atoms with Crippen LogP contribution in [0.15, 0.2) is 51.6 Å². The second kappa shape index (κ2) is 5.84. The van der Waals surface area contributed by atoms with Crippen LogP contribution in [0.4, 0.5) is 11.8 Å². The first-order valence-corrected chi connectivity index (χ1v) is 9.06. The van der Waals surface area contributed by atoms with Gasteiger partial charge in [0.2, 0.25) is 11.8 Å². The summed E-state index contributed by atoms with van der Waals surface area (Å²) >= 11 is 3.55. The van der Waals surface area contributed by atoms with Crippen molar-refractivity contribution in [3.63, 3.8) is 0 Å². The average molecular weight is 411 g/mol. The second-order valence-electron chi connectivity index (χ2n) is 6.24. The summed E-state index contributed by atoms with van der Waals surface area (Å²) in [5.41, 5.74) is 9.46. The number of nitrogen functional groups attached to an aromatic ring is 1. The molecule has 3 aromatic heterocycles. The van der Waals surface area contributed by atoms with E-state index in [-0.39, 0.29) is 0 Å². The second-order valence-corrected chi connectivity index (χ2v) is 7.16. The first-order valence-electron chi connectivity index (χ1n) is 8.27. The van der Waals surface area contributed by atoms with Crippen LogP contribution in [-0.2, 0) is 13.0 Å². The van der Waals surface area contributed by atoms with Crippen LogP contribution in [0.3, 0.4) is 0 Å². The van der Waals surface area contributed by atoms with Crippen LogP contribution in [0, 0.1) is 0 Å². The van der Waals surface area contributed by atoms with Gasteiger partial charge in [-0.1, -0.05) is 22.0 Å². The summed E-state index contributed by atoms with van der Waals surface area (Å²) in [5, 5.41) is 4.39. The number of rotatable bonds is 2. The van der Waals surface area contributed by atoms with E-state index in [4.69, 9.17) is 10.2 Å². The van der Waals surface area contributed by atoms with Gasteiger partial charge in [-0.3, -0.25) is 0 Å².